The Morgan fingerprint density at radius 1 is 1.17 bits per heavy atom. The van der Waals surface area contributed by atoms with Gasteiger partial charge in [0.05, 0.1) is 10.6 Å². The number of hydrogen-bond acceptors (Lipinski definition) is 4. The summed E-state index contributed by atoms with van der Waals surface area (Å²) in [6, 6.07) is 14.0. The Balaban J connectivity index is 1.94. The van der Waals surface area contributed by atoms with E-state index in [4.69, 9.17) is 5.14 Å². The van der Waals surface area contributed by atoms with Gasteiger partial charge < -0.3 is 5.32 Å². The fraction of sp³-hybridized carbons (Fsp3) is 0.235. The van der Waals surface area contributed by atoms with Crippen LogP contribution in [0.4, 0.5) is 5.69 Å². The van der Waals surface area contributed by atoms with Crippen molar-refractivity contribution in [1.82, 2.24) is 0 Å². The fourth-order valence-corrected chi connectivity index (χ4v) is 3.30. The Morgan fingerprint density at radius 2 is 1.83 bits per heavy atom. The van der Waals surface area contributed by atoms with E-state index in [2.05, 4.69) is 31.3 Å². The molecule has 24 heavy (non-hydrogen) atoms. The number of benzene rings is 2. The van der Waals surface area contributed by atoms with Crippen molar-refractivity contribution in [1.29, 1.82) is 0 Å². The summed E-state index contributed by atoms with van der Waals surface area (Å²) in [6.45, 7) is 4.26. The van der Waals surface area contributed by atoms with Gasteiger partial charge in [0.1, 0.15) is 0 Å². The normalized spacial score (nSPS) is 11.5. The third-order valence-electron chi connectivity index (χ3n) is 3.36. The van der Waals surface area contributed by atoms with Crippen LogP contribution in [0, 0.1) is 0 Å². The smallest absolute Gasteiger partial charge is 0.238 e. The number of nitrogens with two attached hydrogens (primary N) is 1. The van der Waals surface area contributed by atoms with Crippen LogP contribution in [0.5, 0.6) is 0 Å². The summed E-state index contributed by atoms with van der Waals surface area (Å²) >= 11 is 1.42. The van der Waals surface area contributed by atoms with Crippen molar-refractivity contribution in [2.45, 2.75) is 29.6 Å². The Bertz CT molecular complexity index is 816. The molecule has 2 rings (SSSR count). The molecule has 2 aromatic carbocycles. The SMILES string of the molecule is CC(C)c1ccc(SCC(=O)Nc2cccc(S(N)(=O)=O)c2)cc1. The molecule has 1 amide bonds. The maximum absolute atomic E-state index is 12.0. The van der Waals surface area contributed by atoms with Gasteiger partial charge >= 0.3 is 0 Å². The Morgan fingerprint density at radius 3 is 2.42 bits per heavy atom. The van der Waals surface area contributed by atoms with Crippen molar-refractivity contribution in [2.75, 3.05) is 11.1 Å². The monoisotopic (exact) mass is 364 g/mol. The summed E-state index contributed by atoms with van der Waals surface area (Å²) in [5, 5.41) is 7.75. The van der Waals surface area contributed by atoms with Crippen molar-refractivity contribution < 1.29 is 13.2 Å². The molecular formula is C17H20N2O3S2. The molecule has 0 fully saturated rings. The standard InChI is InChI=1S/C17H20N2O3S2/c1-12(2)13-6-8-15(9-7-13)23-11-17(20)19-14-4-3-5-16(10-14)24(18,21)22/h3-10,12H,11H2,1-2H3,(H,19,20)(H2,18,21,22). The summed E-state index contributed by atoms with van der Waals surface area (Å²) in [6.07, 6.45) is 0. The largest absolute Gasteiger partial charge is 0.325 e. The molecule has 0 aliphatic carbocycles. The molecule has 7 heteroatoms. The van der Waals surface area contributed by atoms with Crippen LogP contribution in [-0.4, -0.2) is 20.1 Å². The molecule has 0 atom stereocenters. The first kappa shape index (κ1) is 18.5. The second-order valence-electron chi connectivity index (χ2n) is 5.63. The van der Waals surface area contributed by atoms with Crippen LogP contribution >= 0.6 is 11.8 Å². The van der Waals surface area contributed by atoms with E-state index in [0.29, 0.717) is 11.6 Å². The van der Waals surface area contributed by atoms with Gasteiger partial charge in [-0.15, -0.1) is 11.8 Å². The molecule has 0 bridgehead atoms. The lowest BCUT2D eigenvalue weighted by molar-refractivity contribution is -0.113. The molecule has 128 valence electrons. The Labute approximate surface area is 146 Å². The maximum Gasteiger partial charge on any atom is 0.238 e. The third kappa shape index (κ3) is 5.36. The number of carbonyl (C=O) groups excluding carboxylic acids is 1. The summed E-state index contributed by atoms with van der Waals surface area (Å²) in [5.41, 5.74) is 1.66. The minimum absolute atomic E-state index is 0.0303. The Kier molecular flexibility index (Phi) is 6.04. The highest BCUT2D eigenvalue weighted by Gasteiger charge is 2.10. The van der Waals surface area contributed by atoms with Gasteiger partial charge in [0.2, 0.25) is 15.9 Å². The van der Waals surface area contributed by atoms with Crippen LogP contribution in [0.25, 0.3) is 0 Å². The molecule has 0 radical (unpaired) electrons. The summed E-state index contributed by atoms with van der Waals surface area (Å²) in [7, 11) is -3.78. The van der Waals surface area contributed by atoms with E-state index in [0.717, 1.165) is 4.90 Å². The lowest BCUT2D eigenvalue weighted by Gasteiger charge is -2.08. The molecule has 2 aromatic rings. The maximum atomic E-state index is 12.0. The molecule has 0 heterocycles. The van der Waals surface area contributed by atoms with Crippen LogP contribution in [0.3, 0.4) is 0 Å². The topological polar surface area (TPSA) is 89.3 Å². The molecule has 0 saturated heterocycles. The van der Waals surface area contributed by atoms with Gasteiger partial charge in [-0.1, -0.05) is 32.0 Å². The van der Waals surface area contributed by atoms with Gasteiger partial charge in [-0.2, -0.15) is 0 Å². The number of thioether (sulfide) groups is 1. The minimum Gasteiger partial charge on any atom is -0.325 e. The average molecular weight is 364 g/mol. The average Bonchev–Trinajstić information content (AvgIpc) is 2.53. The zero-order valence-electron chi connectivity index (χ0n) is 13.5. The number of primary sulfonamides is 1. The fourth-order valence-electron chi connectivity index (χ4n) is 2.05. The number of hydrogen-bond donors (Lipinski definition) is 2. The van der Waals surface area contributed by atoms with Gasteiger partial charge in [0.15, 0.2) is 0 Å². The number of anilines is 1. The second kappa shape index (κ2) is 7.83. The molecule has 0 aliphatic rings. The number of sulfonamides is 1. The van der Waals surface area contributed by atoms with E-state index in [-0.39, 0.29) is 16.6 Å². The number of nitrogens with one attached hydrogen (secondary N) is 1. The highest BCUT2D eigenvalue weighted by atomic mass is 32.2. The van der Waals surface area contributed by atoms with Crippen LogP contribution in [-0.2, 0) is 14.8 Å². The van der Waals surface area contributed by atoms with E-state index in [1.165, 1.54) is 35.5 Å². The number of amides is 1. The number of carbonyl (C=O) groups is 1. The molecular weight excluding hydrogens is 344 g/mol. The summed E-state index contributed by atoms with van der Waals surface area (Å²) in [5.74, 6) is 0.499. The second-order valence-corrected chi connectivity index (χ2v) is 8.24. The summed E-state index contributed by atoms with van der Waals surface area (Å²) in [4.78, 5) is 13.0. The van der Waals surface area contributed by atoms with Gasteiger partial charge in [0.25, 0.3) is 0 Å². The molecule has 0 spiro atoms. The minimum atomic E-state index is -3.78. The predicted molar refractivity (Wildman–Crippen MR) is 97.7 cm³/mol. The van der Waals surface area contributed by atoms with E-state index in [9.17, 15) is 13.2 Å². The van der Waals surface area contributed by atoms with E-state index >= 15 is 0 Å². The number of rotatable bonds is 6. The predicted octanol–water partition coefficient (Wildman–Crippen LogP) is 3.19. The Hall–Kier alpha value is -1.83. The van der Waals surface area contributed by atoms with Crippen molar-refractivity contribution in [3.8, 4) is 0 Å². The molecule has 0 aromatic heterocycles. The lowest BCUT2D eigenvalue weighted by atomic mass is 10.0. The zero-order valence-corrected chi connectivity index (χ0v) is 15.2. The first-order chi connectivity index (χ1) is 11.3. The molecule has 3 N–H and O–H groups in total. The van der Waals surface area contributed by atoms with Gasteiger partial charge in [-0.3, -0.25) is 4.79 Å². The van der Waals surface area contributed by atoms with Gasteiger partial charge in [-0.05, 0) is 41.8 Å². The van der Waals surface area contributed by atoms with Crippen molar-refractivity contribution in [3.63, 3.8) is 0 Å². The molecule has 0 saturated carbocycles. The van der Waals surface area contributed by atoms with Gasteiger partial charge in [0, 0.05) is 10.6 Å². The van der Waals surface area contributed by atoms with Crippen LogP contribution in [0.1, 0.15) is 25.3 Å². The zero-order chi connectivity index (χ0) is 17.7. The van der Waals surface area contributed by atoms with Crippen LogP contribution in [0.2, 0.25) is 0 Å². The van der Waals surface area contributed by atoms with Gasteiger partial charge in [-0.25, -0.2) is 13.6 Å². The van der Waals surface area contributed by atoms with Crippen molar-refractivity contribution in [2.24, 2.45) is 5.14 Å². The highest BCUT2D eigenvalue weighted by molar-refractivity contribution is 8.00. The first-order valence-corrected chi connectivity index (χ1v) is 9.94. The van der Waals surface area contributed by atoms with E-state index in [1.54, 1.807) is 6.07 Å². The quantitative estimate of drug-likeness (QED) is 0.770. The van der Waals surface area contributed by atoms with Crippen LogP contribution in [0.15, 0.2) is 58.3 Å². The van der Waals surface area contributed by atoms with Crippen molar-refractivity contribution >= 4 is 33.4 Å². The van der Waals surface area contributed by atoms with E-state index in [1.807, 2.05) is 12.1 Å². The van der Waals surface area contributed by atoms with Crippen LogP contribution < -0.4 is 10.5 Å². The summed E-state index contributed by atoms with van der Waals surface area (Å²) < 4.78 is 22.6. The van der Waals surface area contributed by atoms with E-state index < -0.39 is 10.0 Å². The molecule has 0 aliphatic heterocycles. The molecule has 0 unspecified atom stereocenters. The van der Waals surface area contributed by atoms with Crippen molar-refractivity contribution in [3.05, 3.63) is 54.1 Å². The highest BCUT2D eigenvalue weighted by Crippen LogP contribution is 2.22. The molecule has 5 nitrogen and oxygen atoms in total. The first-order valence-electron chi connectivity index (χ1n) is 7.41. The lowest BCUT2D eigenvalue weighted by Crippen LogP contribution is -2.16. The third-order valence-corrected chi connectivity index (χ3v) is 5.29.